The number of para-hydroxylation sites is 1. The largest absolute Gasteiger partial charge is 0.456 e. The third-order valence-electron chi connectivity index (χ3n) is 13.3. The smallest absolute Gasteiger partial charge is 0.138 e. The van der Waals surface area contributed by atoms with Crippen LogP contribution in [0, 0.1) is 0 Å². The summed E-state index contributed by atoms with van der Waals surface area (Å²) in [6, 6.07) is 60.5. The van der Waals surface area contributed by atoms with Gasteiger partial charge in [0.1, 0.15) is 22.3 Å². The molecule has 62 heavy (non-hydrogen) atoms. The van der Waals surface area contributed by atoms with E-state index in [1.165, 1.54) is 64.2 Å². The fourth-order valence-electron chi connectivity index (χ4n) is 10.7. The number of furan rings is 2. The van der Waals surface area contributed by atoms with Crippen molar-refractivity contribution >= 4 is 60.9 Å². The Labute approximate surface area is 370 Å². The molecule has 3 heteroatoms. The first-order chi connectivity index (χ1) is 33.7. The molecule has 0 saturated heterocycles. The summed E-state index contributed by atoms with van der Waals surface area (Å²) in [4.78, 5) is 2.18. The second-order valence-corrected chi connectivity index (χ2v) is 16.4. The van der Waals surface area contributed by atoms with Crippen LogP contribution in [-0.4, -0.2) is 0 Å². The van der Waals surface area contributed by atoms with E-state index in [4.69, 9.17) is 8.83 Å². The summed E-state index contributed by atoms with van der Waals surface area (Å²) in [5, 5.41) is 2.59. The zero-order valence-corrected chi connectivity index (χ0v) is 33.2. The molecule has 0 amide bonds. The van der Waals surface area contributed by atoms with E-state index in [2.05, 4.69) is 114 Å². The van der Waals surface area contributed by atoms with Crippen molar-refractivity contribution in [3.63, 3.8) is 0 Å². The highest BCUT2D eigenvalue weighted by Crippen LogP contribution is 2.64. The Morgan fingerprint density at radius 1 is 0.419 bits per heavy atom. The van der Waals surface area contributed by atoms with Crippen molar-refractivity contribution in [3.8, 4) is 22.3 Å². The Bertz CT molecular complexity index is 4010. The summed E-state index contributed by atoms with van der Waals surface area (Å²) >= 11 is 0. The van der Waals surface area contributed by atoms with E-state index in [-0.39, 0.29) is 33.2 Å². The first-order valence-corrected chi connectivity index (χ1v) is 21.0. The topological polar surface area (TPSA) is 29.5 Å². The minimum Gasteiger partial charge on any atom is -0.456 e. The average molecular weight is 802 g/mol. The fourth-order valence-corrected chi connectivity index (χ4v) is 10.7. The van der Waals surface area contributed by atoms with Crippen molar-refractivity contribution in [2.45, 2.75) is 30.9 Å². The number of hydrogen-bond donors (Lipinski definition) is 0. The van der Waals surface area contributed by atoms with Gasteiger partial charge >= 0.3 is 0 Å². The molecular weight excluding hydrogens is 755 g/mol. The Balaban J connectivity index is 1.06. The molecule has 0 saturated carbocycles. The summed E-state index contributed by atoms with van der Waals surface area (Å²) in [6.07, 6.45) is -10.5. The normalized spacial score (nSPS) is 19.5. The molecule has 0 radical (unpaired) electrons. The molecule has 6 aliphatic carbocycles. The number of rotatable bonds is 3. The molecule has 0 fully saturated rings. The molecule has 0 N–H and O–H groups in total. The van der Waals surface area contributed by atoms with Gasteiger partial charge in [-0.2, -0.15) is 0 Å². The van der Waals surface area contributed by atoms with Crippen LogP contribution in [0.25, 0.3) is 66.1 Å². The van der Waals surface area contributed by atoms with Crippen LogP contribution in [0.1, 0.15) is 55.5 Å². The van der Waals surface area contributed by atoms with E-state index in [1.54, 1.807) is 0 Å². The van der Waals surface area contributed by atoms with Gasteiger partial charge in [-0.15, -0.1) is 0 Å². The quantitative estimate of drug-likeness (QED) is 0.178. The number of benzene rings is 9. The van der Waals surface area contributed by atoms with E-state index < -0.39 is 30.9 Å². The maximum absolute atomic E-state index is 9.52. The van der Waals surface area contributed by atoms with Crippen LogP contribution >= 0.6 is 0 Å². The summed E-state index contributed by atoms with van der Waals surface area (Å²) in [7, 11) is 0. The van der Waals surface area contributed by atoms with Gasteiger partial charge in [0.25, 0.3) is 0 Å². The highest BCUT2D eigenvalue weighted by Gasteiger charge is 2.52. The van der Waals surface area contributed by atoms with Gasteiger partial charge in [-0.05, 0) is 123 Å². The van der Waals surface area contributed by atoms with Crippen molar-refractivity contribution in [2.24, 2.45) is 0 Å². The van der Waals surface area contributed by atoms with Crippen molar-refractivity contribution in [2.75, 3.05) is 4.90 Å². The number of fused-ring (bicyclic) bond motifs is 14. The van der Waals surface area contributed by atoms with Crippen LogP contribution in [0.4, 0.5) is 17.1 Å². The van der Waals surface area contributed by atoms with E-state index in [9.17, 15) is 11.0 Å². The molecule has 3 nitrogen and oxygen atoms in total. The second kappa shape index (κ2) is 12.7. The molecule has 4 bridgehead atoms. The fraction of sp³-hybridized carbons (Fsp3) is 0.0847. The lowest BCUT2D eigenvalue weighted by molar-refractivity contribution is 0.661. The maximum atomic E-state index is 9.52. The molecule has 17 rings (SSSR count). The molecule has 1 spiro atoms. The molecule has 292 valence electrons. The van der Waals surface area contributed by atoms with Crippen LogP contribution in [0.3, 0.4) is 0 Å². The molecule has 0 unspecified atom stereocenters. The van der Waals surface area contributed by atoms with Crippen LogP contribution in [0.2, 0.25) is 0 Å². The Morgan fingerprint density at radius 2 is 0.968 bits per heavy atom. The number of anilines is 3. The highest BCUT2D eigenvalue weighted by molar-refractivity contribution is 6.10. The van der Waals surface area contributed by atoms with Crippen LogP contribution in [-0.2, 0) is 30.9 Å². The predicted octanol–water partition coefficient (Wildman–Crippen LogP) is 15.2. The lowest BCUT2D eigenvalue weighted by Gasteiger charge is -2.31. The molecular formula is C59H39NO2. The molecule has 6 aliphatic rings. The minimum atomic E-state index is -2.67. The monoisotopic (exact) mass is 801 g/mol. The van der Waals surface area contributed by atoms with E-state index >= 15 is 0 Å². The van der Waals surface area contributed by atoms with Gasteiger partial charge in [-0.25, -0.2) is 0 Å². The molecule has 9 aromatic carbocycles. The van der Waals surface area contributed by atoms with Crippen LogP contribution < -0.4 is 4.90 Å². The SMILES string of the molecule is [2H]C1([2H])c2ccc(cc2)C([2H])([2H])C([2H])([2H])c2ccc(c3oc4cc(N(c5ccc6c(c5)oc5ccccc56)c5cccc6c5-c5ccccc5C65c6ccccc6-c6ccccc65)ccc4c23)C1([2H])[2H]. The summed E-state index contributed by atoms with van der Waals surface area (Å²) in [5.74, 6) is 0. The lowest BCUT2D eigenvalue weighted by atomic mass is 9.70. The lowest BCUT2D eigenvalue weighted by Crippen LogP contribution is -2.26. The molecule has 0 aliphatic heterocycles. The zero-order valence-electron chi connectivity index (χ0n) is 41.2. The number of aryl methyl sites for hydroxylation is 4. The van der Waals surface area contributed by atoms with E-state index in [1.807, 2.05) is 42.5 Å². The minimum absolute atomic E-state index is 0.00537. The Morgan fingerprint density at radius 3 is 1.69 bits per heavy atom. The van der Waals surface area contributed by atoms with Crippen molar-refractivity contribution in [1.82, 2.24) is 0 Å². The third kappa shape index (κ3) is 4.60. The van der Waals surface area contributed by atoms with Gasteiger partial charge in [-0.1, -0.05) is 140 Å². The number of nitrogens with zero attached hydrogens (tertiary/aromatic N) is 1. The second-order valence-electron chi connectivity index (χ2n) is 16.4. The Kier molecular flexibility index (Phi) is 5.59. The van der Waals surface area contributed by atoms with Gasteiger partial charge in [0.2, 0.25) is 0 Å². The van der Waals surface area contributed by atoms with Gasteiger partial charge in [0.05, 0.1) is 11.1 Å². The van der Waals surface area contributed by atoms with Crippen molar-refractivity contribution in [3.05, 3.63) is 233 Å². The summed E-state index contributed by atoms with van der Waals surface area (Å²) in [6.45, 7) is 0. The first kappa shape index (κ1) is 27.3. The molecule has 2 heterocycles. The zero-order chi connectivity index (χ0) is 47.7. The van der Waals surface area contributed by atoms with Gasteiger partial charge in [-0.3, -0.25) is 0 Å². The molecule has 0 atom stereocenters. The van der Waals surface area contributed by atoms with Gasteiger partial charge < -0.3 is 13.7 Å². The first-order valence-electron chi connectivity index (χ1n) is 25.0. The average Bonchev–Trinajstić information content (AvgIpc) is 4.11. The molecule has 11 aromatic rings. The standard InChI is InChI=1S/C59H39NO2/c1-5-14-48-42(10-1)43-11-2-6-15-49(43)59(48)50-16-7-3-13-46(50)57-51(59)17-9-18-52(57)60(40-30-32-45-44-12-4-8-19-53(44)61-54(45)34-40)41-31-33-47-55(35-41)62-58-39-27-25-37-22-20-36(21-23-37)24-26-38(28-29-39)56(47)58/h1-23,28-35H,24-27H2/i24D2,25D2,26D2,27D2. The van der Waals surface area contributed by atoms with Crippen molar-refractivity contribution in [1.29, 1.82) is 0 Å². The van der Waals surface area contributed by atoms with Gasteiger partial charge in [0, 0.05) is 61.6 Å². The van der Waals surface area contributed by atoms with Crippen LogP contribution in [0.5, 0.6) is 0 Å². The predicted molar refractivity (Wildman–Crippen MR) is 253 cm³/mol. The van der Waals surface area contributed by atoms with Crippen LogP contribution in [0.15, 0.2) is 197 Å². The Hall–Kier alpha value is -7.62. The maximum Gasteiger partial charge on any atom is 0.138 e. The molecule has 2 aromatic heterocycles. The third-order valence-corrected chi connectivity index (χ3v) is 13.3. The highest BCUT2D eigenvalue weighted by atomic mass is 16.3. The van der Waals surface area contributed by atoms with Crippen molar-refractivity contribution < 1.29 is 19.8 Å². The summed E-state index contributed by atoms with van der Waals surface area (Å²) in [5.41, 5.74) is 12.6. The van der Waals surface area contributed by atoms with E-state index in [0.717, 1.165) is 44.4 Å². The number of hydrogen-bond acceptors (Lipinski definition) is 3. The van der Waals surface area contributed by atoms with Gasteiger partial charge in [0.15, 0.2) is 0 Å². The van der Waals surface area contributed by atoms with E-state index in [0.29, 0.717) is 22.2 Å². The summed E-state index contributed by atoms with van der Waals surface area (Å²) < 4.78 is 88.3.